The number of hydrogen-bond acceptors (Lipinski definition) is 3. The molecule has 146 valence electrons. The lowest BCUT2D eigenvalue weighted by molar-refractivity contribution is 0.254. The summed E-state index contributed by atoms with van der Waals surface area (Å²) in [5, 5.41) is 7.94. The standard InChI is InChI=1S/C24H30N4/c1-3-15-27-16-14-23-22(18-27)24(26-25-23)20-10-12-21(13-11-20)28(4-2)17-19-8-6-5-7-9-19/h5-13H,3-4,14-18H2,1-2H3,(H,25,26). The Morgan fingerprint density at radius 2 is 1.82 bits per heavy atom. The molecule has 1 N–H and O–H groups in total. The molecule has 0 unspecified atom stereocenters. The highest BCUT2D eigenvalue weighted by atomic mass is 15.2. The van der Waals surface area contributed by atoms with Gasteiger partial charge >= 0.3 is 0 Å². The fraction of sp³-hybridized carbons (Fsp3) is 0.375. The van der Waals surface area contributed by atoms with Crippen molar-refractivity contribution in [1.29, 1.82) is 0 Å². The van der Waals surface area contributed by atoms with E-state index in [0.717, 1.165) is 44.8 Å². The Bertz CT molecular complexity index is 883. The molecule has 2 heterocycles. The first kappa shape index (κ1) is 18.8. The molecule has 3 aromatic rings. The fourth-order valence-electron chi connectivity index (χ4n) is 4.12. The first-order valence-electron chi connectivity index (χ1n) is 10.5. The molecule has 1 aromatic heterocycles. The van der Waals surface area contributed by atoms with Crippen LogP contribution >= 0.6 is 0 Å². The number of H-pyrrole nitrogens is 1. The van der Waals surface area contributed by atoms with E-state index in [1.165, 1.54) is 34.5 Å². The average Bonchev–Trinajstić information content (AvgIpc) is 3.16. The summed E-state index contributed by atoms with van der Waals surface area (Å²) >= 11 is 0. The molecule has 0 amide bonds. The van der Waals surface area contributed by atoms with Crippen LogP contribution in [0.25, 0.3) is 11.3 Å². The number of nitrogens with one attached hydrogen (secondary N) is 1. The molecule has 2 aromatic carbocycles. The molecule has 28 heavy (non-hydrogen) atoms. The Morgan fingerprint density at radius 3 is 2.54 bits per heavy atom. The van der Waals surface area contributed by atoms with Crippen LogP contribution in [-0.4, -0.2) is 34.7 Å². The number of aromatic amines is 1. The predicted molar refractivity (Wildman–Crippen MR) is 116 cm³/mol. The fourth-order valence-corrected chi connectivity index (χ4v) is 4.12. The van der Waals surface area contributed by atoms with Crippen LogP contribution in [0.4, 0.5) is 5.69 Å². The van der Waals surface area contributed by atoms with Gasteiger partial charge in [-0.3, -0.25) is 10.00 Å². The van der Waals surface area contributed by atoms with Crippen LogP contribution in [0, 0.1) is 0 Å². The highest BCUT2D eigenvalue weighted by Crippen LogP contribution is 2.30. The Kier molecular flexibility index (Phi) is 5.77. The highest BCUT2D eigenvalue weighted by Gasteiger charge is 2.22. The zero-order chi connectivity index (χ0) is 19.3. The van der Waals surface area contributed by atoms with Crippen molar-refractivity contribution in [3.8, 4) is 11.3 Å². The molecule has 4 rings (SSSR count). The van der Waals surface area contributed by atoms with E-state index in [1.54, 1.807) is 0 Å². The number of benzene rings is 2. The lowest BCUT2D eigenvalue weighted by Gasteiger charge is -2.26. The minimum Gasteiger partial charge on any atom is -0.367 e. The van der Waals surface area contributed by atoms with Gasteiger partial charge in [0.15, 0.2) is 0 Å². The van der Waals surface area contributed by atoms with E-state index in [0.29, 0.717) is 0 Å². The van der Waals surface area contributed by atoms with Gasteiger partial charge in [0.2, 0.25) is 0 Å². The Balaban J connectivity index is 1.53. The molecule has 0 radical (unpaired) electrons. The Morgan fingerprint density at radius 1 is 1.04 bits per heavy atom. The number of aromatic nitrogens is 2. The molecule has 0 saturated heterocycles. The van der Waals surface area contributed by atoms with E-state index in [4.69, 9.17) is 0 Å². The lowest BCUT2D eigenvalue weighted by Crippen LogP contribution is -2.31. The van der Waals surface area contributed by atoms with Gasteiger partial charge in [0, 0.05) is 55.1 Å². The second kappa shape index (κ2) is 8.61. The first-order chi connectivity index (χ1) is 13.8. The van der Waals surface area contributed by atoms with Crippen molar-refractivity contribution < 1.29 is 0 Å². The molecule has 1 aliphatic heterocycles. The van der Waals surface area contributed by atoms with Crippen molar-refractivity contribution in [2.24, 2.45) is 0 Å². The molecule has 0 atom stereocenters. The van der Waals surface area contributed by atoms with Gasteiger partial charge in [-0.2, -0.15) is 5.10 Å². The maximum absolute atomic E-state index is 4.66. The van der Waals surface area contributed by atoms with Crippen LogP contribution in [0.3, 0.4) is 0 Å². The van der Waals surface area contributed by atoms with Crippen LogP contribution in [0.15, 0.2) is 54.6 Å². The predicted octanol–water partition coefficient (Wildman–Crippen LogP) is 4.87. The smallest absolute Gasteiger partial charge is 0.0968 e. The van der Waals surface area contributed by atoms with E-state index in [9.17, 15) is 0 Å². The minimum atomic E-state index is 0.931. The van der Waals surface area contributed by atoms with Crippen LogP contribution in [0.5, 0.6) is 0 Å². The maximum atomic E-state index is 4.66. The summed E-state index contributed by atoms with van der Waals surface area (Å²) in [5.41, 5.74) is 7.61. The molecule has 0 spiro atoms. The Hall–Kier alpha value is -2.59. The van der Waals surface area contributed by atoms with Gasteiger partial charge < -0.3 is 4.90 Å². The minimum absolute atomic E-state index is 0.931. The van der Waals surface area contributed by atoms with Crippen molar-refractivity contribution in [3.63, 3.8) is 0 Å². The molecule has 0 aliphatic carbocycles. The monoisotopic (exact) mass is 374 g/mol. The van der Waals surface area contributed by atoms with Crippen LogP contribution in [0.2, 0.25) is 0 Å². The normalized spacial score (nSPS) is 14.1. The van der Waals surface area contributed by atoms with Crippen LogP contribution in [0.1, 0.15) is 37.1 Å². The summed E-state index contributed by atoms with van der Waals surface area (Å²) in [6.07, 6.45) is 2.27. The van der Waals surface area contributed by atoms with Gasteiger partial charge in [-0.25, -0.2) is 0 Å². The second-order valence-electron chi connectivity index (χ2n) is 7.60. The van der Waals surface area contributed by atoms with Crippen molar-refractivity contribution in [1.82, 2.24) is 15.1 Å². The molecular formula is C24H30N4. The van der Waals surface area contributed by atoms with Gasteiger partial charge in [0.05, 0.1) is 5.69 Å². The number of rotatable bonds is 7. The third kappa shape index (κ3) is 3.97. The van der Waals surface area contributed by atoms with E-state index >= 15 is 0 Å². The van der Waals surface area contributed by atoms with Gasteiger partial charge in [-0.1, -0.05) is 49.4 Å². The largest absolute Gasteiger partial charge is 0.367 e. The first-order valence-corrected chi connectivity index (χ1v) is 10.5. The van der Waals surface area contributed by atoms with Crippen molar-refractivity contribution in [3.05, 3.63) is 71.4 Å². The summed E-state index contributed by atoms with van der Waals surface area (Å²) in [6, 6.07) is 19.6. The summed E-state index contributed by atoms with van der Waals surface area (Å²) in [6.45, 7) is 9.67. The number of fused-ring (bicyclic) bond motifs is 1. The SMILES string of the molecule is CCCN1CCc2[nH]nc(-c3ccc(N(CC)Cc4ccccc4)cc3)c2C1. The molecular weight excluding hydrogens is 344 g/mol. The number of hydrogen-bond donors (Lipinski definition) is 1. The lowest BCUT2D eigenvalue weighted by atomic mass is 10.0. The zero-order valence-electron chi connectivity index (χ0n) is 17.0. The highest BCUT2D eigenvalue weighted by molar-refractivity contribution is 5.67. The van der Waals surface area contributed by atoms with Crippen molar-refractivity contribution in [2.45, 2.75) is 39.8 Å². The summed E-state index contributed by atoms with van der Waals surface area (Å²) in [5.74, 6) is 0. The molecule has 0 bridgehead atoms. The summed E-state index contributed by atoms with van der Waals surface area (Å²) < 4.78 is 0. The van der Waals surface area contributed by atoms with Crippen molar-refractivity contribution >= 4 is 5.69 Å². The number of anilines is 1. The van der Waals surface area contributed by atoms with E-state index < -0.39 is 0 Å². The van der Waals surface area contributed by atoms with E-state index in [1.807, 2.05) is 0 Å². The second-order valence-corrected chi connectivity index (χ2v) is 7.60. The molecule has 4 heteroatoms. The molecule has 0 saturated carbocycles. The van der Waals surface area contributed by atoms with Crippen LogP contribution < -0.4 is 4.90 Å². The summed E-state index contributed by atoms with van der Waals surface area (Å²) in [7, 11) is 0. The Labute approximate surface area is 168 Å². The van der Waals surface area contributed by atoms with Crippen LogP contribution in [-0.2, 0) is 19.5 Å². The van der Waals surface area contributed by atoms with Gasteiger partial charge in [0.1, 0.15) is 0 Å². The maximum Gasteiger partial charge on any atom is 0.0968 e. The molecule has 1 aliphatic rings. The summed E-state index contributed by atoms with van der Waals surface area (Å²) in [4.78, 5) is 4.94. The quantitative estimate of drug-likeness (QED) is 0.641. The van der Waals surface area contributed by atoms with E-state index in [-0.39, 0.29) is 0 Å². The third-order valence-electron chi connectivity index (χ3n) is 5.66. The molecule has 4 nitrogen and oxygen atoms in total. The third-order valence-corrected chi connectivity index (χ3v) is 5.66. The van der Waals surface area contributed by atoms with Gasteiger partial charge in [-0.05, 0) is 37.6 Å². The molecule has 0 fully saturated rings. The van der Waals surface area contributed by atoms with Crippen molar-refractivity contribution in [2.75, 3.05) is 24.5 Å². The van der Waals surface area contributed by atoms with Gasteiger partial charge in [-0.15, -0.1) is 0 Å². The number of nitrogens with zero attached hydrogens (tertiary/aromatic N) is 3. The van der Waals surface area contributed by atoms with E-state index in [2.05, 4.69) is 88.4 Å². The van der Waals surface area contributed by atoms with Gasteiger partial charge in [0.25, 0.3) is 0 Å². The zero-order valence-corrected chi connectivity index (χ0v) is 17.0. The average molecular weight is 375 g/mol. The topological polar surface area (TPSA) is 35.2 Å².